The largest absolute Gasteiger partial charge is 0.411 e. The Hall–Kier alpha value is -0.570. The number of oxime groups is 1. The van der Waals surface area contributed by atoms with Crippen molar-refractivity contribution in [2.24, 2.45) is 17.0 Å². The Balaban J connectivity index is 1.78. The minimum Gasteiger partial charge on any atom is -0.411 e. The zero-order valence-electron chi connectivity index (χ0n) is 9.65. The van der Waals surface area contributed by atoms with Crippen LogP contribution in [0.25, 0.3) is 0 Å². The molecule has 86 valence electrons. The lowest BCUT2D eigenvalue weighted by Gasteiger charge is -2.32. The van der Waals surface area contributed by atoms with Crippen LogP contribution in [0.4, 0.5) is 0 Å². The molecule has 1 unspecified atom stereocenters. The van der Waals surface area contributed by atoms with Crippen molar-refractivity contribution in [1.82, 2.24) is 4.90 Å². The highest BCUT2D eigenvalue weighted by atomic mass is 16.4. The van der Waals surface area contributed by atoms with E-state index in [1.54, 1.807) is 0 Å². The Kier molecular flexibility index (Phi) is 3.62. The molecular formula is C12H22N2O. The van der Waals surface area contributed by atoms with E-state index in [0.29, 0.717) is 5.92 Å². The van der Waals surface area contributed by atoms with Gasteiger partial charge in [-0.25, -0.2) is 0 Å². The van der Waals surface area contributed by atoms with Crippen LogP contribution in [0.2, 0.25) is 0 Å². The summed E-state index contributed by atoms with van der Waals surface area (Å²) in [6, 6.07) is 0. The van der Waals surface area contributed by atoms with Crippen LogP contribution in [-0.2, 0) is 0 Å². The molecule has 1 atom stereocenters. The Bertz CT molecular complexity index is 236. The van der Waals surface area contributed by atoms with Crippen LogP contribution < -0.4 is 0 Å². The summed E-state index contributed by atoms with van der Waals surface area (Å²) >= 11 is 0. The number of rotatable bonds is 4. The third kappa shape index (κ3) is 2.94. The van der Waals surface area contributed by atoms with Gasteiger partial charge in [-0.15, -0.1) is 0 Å². The van der Waals surface area contributed by atoms with Crippen molar-refractivity contribution < 1.29 is 5.21 Å². The topological polar surface area (TPSA) is 35.8 Å². The molecule has 0 aromatic heterocycles. The maximum atomic E-state index is 8.88. The average molecular weight is 210 g/mol. The SMILES string of the molecule is CCC1CN(CCC2CC2)CCC1=NO. The zero-order chi connectivity index (χ0) is 10.7. The van der Waals surface area contributed by atoms with Crippen molar-refractivity contribution in [2.75, 3.05) is 19.6 Å². The van der Waals surface area contributed by atoms with Crippen LogP contribution in [0.1, 0.15) is 39.0 Å². The molecular weight excluding hydrogens is 188 g/mol. The van der Waals surface area contributed by atoms with Gasteiger partial charge in [-0.3, -0.25) is 0 Å². The first-order chi connectivity index (χ1) is 7.33. The highest BCUT2D eigenvalue weighted by Gasteiger charge is 2.27. The molecule has 2 rings (SSSR count). The predicted molar refractivity (Wildman–Crippen MR) is 61.4 cm³/mol. The van der Waals surface area contributed by atoms with Gasteiger partial charge >= 0.3 is 0 Å². The smallest absolute Gasteiger partial charge is 0.0627 e. The molecule has 0 aromatic carbocycles. The highest BCUT2D eigenvalue weighted by Crippen LogP contribution is 2.32. The third-order valence-electron chi connectivity index (χ3n) is 3.81. The molecule has 2 fully saturated rings. The van der Waals surface area contributed by atoms with Crippen molar-refractivity contribution in [1.29, 1.82) is 0 Å². The fourth-order valence-electron chi connectivity index (χ4n) is 2.46. The maximum Gasteiger partial charge on any atom is 0.0627 e. The Morgan fingerprint density at radius 1 is 1.47 bits per heavy atom. The highest BCUT2D eigenvalue weighted by molar-refractivity contribution is 5.87. The quantitative estimate of drug-likeness (QED) is 0.571. The molecule has 1 N–H and O–H groups in total. The van der Waals surface area contributed by atoms with E-state index in [0.717, 1.165) is 37.6 Å². The van der Waals surface area contributed by atoms with Crippen LogP contribution >= 0.6 is 0 Å². The number of piperidine rings is 1. The lowest BCUT2D eigenvalue weighted by molar-refractivity contribution is 0.222. The summed E-state index contributed by atoms with van der Waals surface area (Å²) in [7, 11) is 0. The van der Waals surface area contributed by atoms with E-state index < -0.39 is 0 Å². The molecule has 3 heteroatoms. The predicted octanol–water partition coefficient (Wildman–Crippen LogP) is 2.35. The molecule has 1 saturated heterocycles. The summed E-state index contributed by atoms with van der Waals surface area (Å²) in [4.78, 5) is 2.54. The van der Waals surface area contributed by atoms with Crippen molar-refractivity contribution >= 4 is 5.71 Å². The van der Waals surface area contributed by atoms with Gasteiger partial charge in [0.15, 0.2) is 0 Å². The first-order valence-electron chi connectivity index (χ1n) is 6.26. The van der Waals surface area contributed by atoms with Gasteiger partial charge in [-0.05, 0) is 25.3 Å². The fourth-order valence-corrected chi connectivity index (χ4v) is 2.46. The molecule has 1 aliphatic carbocycles. The van der Waals surface area contributed by atoms with E-state index in [1.807, 2.05) is 0 Å². The molecule has 1 aliphatic heterocycles. The average Bonchev–Trinajstić information content (AvgIpc) is 3.09. The third-order valence-corrected chi connectivity index (χ3v) is 3.81. The van der Waals surface area contributed by atoms with Crippen LogP contribution in [0.5, 0.6) is 0 Å². The van der Waals surface area contributed by atoms with Gasteiger partial charge < -0.3 is 10.1 Å². The first kappa shape index (κ1) is 10.9. The zero-order valence-corrected chi connectivity index (χ0v) is 9.65. The van der Waals surface area contributed by atoms with Gasteiger partial charge in [0.25, 0.3) is 0 Å². The first-order valence-corrected chi connectivity index (χ1v) is 6.26. The summed E-state index contributed by atoms with van der Waals surface area (Å²) < 4.78 is 0. The van der Waals surface area contributed by atoms with Crippen LogP contribution in [0.3, 0.4) is 0 Å². The van der Waals surface area contributed by atoms with Gasteiger partial charge in [-0.1, -0.05) is 24.9 Å². The number of hydrogen-bond donors (Lipinski definition) is 1. The Labute approximate surface area is 92.1 Å². The molecule has 0 bridgehead atoms. The molecule has 2 aliphatic rings. The summed E-state index contributed by atoms with van der Waals surface area (Å²) in [5.74, 6) is 1.51. The van der Waals surface area contributed by atoms with Crippen LogP contribution in [-0.4, -0.2) is 35.5 Å². The lowest BCUT2D eigenvalue weighted by Crippen LogP contribution is -2.41. The summed E-state index contributed by atoms with van der Waals surface area (Å²) in [6.45, 7) is 5.62. The monoisotopic (exact) mass is 210 g/mol. The van der Waals surface area contributed by atoms with Gasteiger partial charge in [-0.2, -0.15) is 0 Å². The fraction of sp³-hybridized carbons (Fsp3) is 0.917. The maximum absolute atomic E-state index is 8.88. The second-order valence-electron chi connectivity index (χ2n) is 4.98. The van der Waals surface area contributed by atoms with Crippen molar-refractivity contribution in [3.63, 3.8) is 0 Å². The van der Waals surface area contributed by atoms with E-state index in [1.165, 1.54) is 25.8 Å². The summed E-state index contributed by atoms with van der Waals surface area (Å²) in [6.07, 6.45) is 6.34. The molecule has 0 aromatic rings. The van der Waals surface area contributed by atoms with Gasteiger partial charge in [0.05, 0.1) is 5.71 Å². The molecule has 1 heterocycles. The van der Waals surface area contributed by atoms with E-state index in [4.69, 9.17) is 5.21 Å². The summed E-state index contributed by atoms with van der Waals surface area (Å²) in [5, 5.41) is 12.3. The Morgan fingerprint density at radius 2 is 2.27 bits per heavy atom. The molecule has 0 radical (unpaired) electrons. The summed E-state index contributed by atoms with van der Waals surface area (Å²) in [5.41, 5.74) is 1.01. The van der Waals surface area contributed by atoms with E-state index in [2.05, 4.69) is 17.0 Å². The molecule has 0 amide bonds. The second-order valence-corrected chi connectivity index (χ2v) is 4.98. The van der Waals surface area contributed by atoms with Gasteiger partial charge in [0, 0.05) is 25.4 Å². The van der Waals surface area contributed by atoms with E-state index >= 15 is 0 Å². The molecule has 3 nitrogen and oxygen atoms in total. The second kappa shape index (κ2) is 4.97. The Morgan fingerprint density at radius 3 is 2.87 bits per heavy atom. The number of hydrogen-bond acceptors (Lipinski definition) is 3. The lowest BCUT2D eigenvalue weighted by atomic mass is 9.93. The minimum absolute atomic E-state index is 0.489. The van der Waals surface area contributed by atoms with E-state index in [-0.39, 0.29) is 0 Å². The van der Waals surface area contributed by atoms with Crippen molar-refractivity contribution in [2.45, 2.75) is 39.0 Å². The number of likely N-dealkylation sites (tertiary alicyclic amines) is 1. The van der Waals surface area contributed by atoms with Gasteiger partial charge in [0.1, 0.15) is 0 Å². The van der Waals surface area contributed by atoms with Gasteiger partial charge in [0.2, 0.25) is 0 Å². The molecule has 1 saturated carbocycles. The van der Waals surface area contributed by atoms with Crippen molar-refractivity contribution in [3.8, 4) is 0 Å². The van der Waals surface area contributed by atoms with E-state index in [9.17, 15) is 0 Å². The minimum atomic E-state index is 0.489. The standard InChI is InChI=1S/C12H22N2O/c1-2-11-9-14(7-5-10-3-4-10)8-6-12(11)13-15/h10-11,15H,2-9H2,1H3. The molecule has 0 spiro atoms. The number of nitrogens with zero attached hydrogens (tertiary/aromatic N) is 2. The normalized spacial score (nSPS) is 31.0. The van der Waals surface area contributed by atoms with Crippen LogP contribution in [0, 0.1) is 11.8 Å². The molecule has 15 heavy (non-hydrogen) atoms. The van der Waals surface area contributed by atoms with Crippen LogP contribution in [0.15, 0.2) is 5.16 Å². The van der Waals surface area contributed by atoms with Crippen molar-refractivity contribution in [3.05, 3.63) is 0 Å².